The fraction of sp³-hybridized carbons (Fsp3) is 0.615. The molecule has 0 atom stereocenters. The van der Waals surface area contributed by atoms with E-state index in [0.717, 1.165) is 42.7 Å². The fourth-order valence-electron chi connectivity index (χ4n) is 2.66. The Morgan fingerprint density at radius 3 is 2.58 bits per heavy atom. The molecule has 1 aromatic heterocycles. The van der Waals surface area contributed by atoms with E-state index in [4.69, 9.17) is 22.5 Å². The first-order chi connectivity index (χ1) is 8.97. The maximum atomic E-state index is 12.4. The van der Waals surface area contributed by atoms with Crippen LogP contribution in [0.3, 0.4) is 0 Å². The van der Waals surface area contributed by atoms with Gasteiger partial charge in [-0.25, -0.2) is 0 Å². The van der Waals surface area contributed by atoms with Crippen molar-refractivity contribution in [3.05, 3.63) is 17.0 Å². The molecule has 5 nitrogen and oxygen atoms in total. The van der Waals surface area contributed by atoms with Crippen molar-refractivity contribution in [3.8, 4) is 0 Å². The Balaban J connectivity index is 2.07. The van der Waals surface area contributed by atoms with Crippen LogP contribution in [0.2, 0.25) is 0 Å². The Morgan fingerprint density at radius 2 is 2.11 bits per heavy atom. The van der Waals surface area contributed by atoms with E-state index in [1.54, 1.807) is 0 Å². The van der Waals surface area contributed by atoms with Gasteiger partial charge in [-0.1, -0.05) is 30.2 Å². The molecule has 1 aromatic rings. The van der Waals surface area contributed by atoms with Crippen molar-refractivity contribution in [2.45, 2.75) is 46.1 Å². The Labute approximate surface area is 117 Å². The number of nitrogens with two attached hydrogens (primary N) is 1. The predicted molar refractivity (Wildman–Crippen MR) is 75.5 cm³/mol. The zero-order valence-corrected chi connectivity index (χ0v) is 12.1. The number of thiocarbonyl (C=S) groups is 1. The zero-order chi connectivity index (χ0) is 14.0. The molecular formula is C13H19N3O2S. The Bertz CT molecular complexity index is 484. The second kappa shape index (κ2) is 5.28. The number of nitrogens with one attached hydrogen (secondary N) is 1. The molecule has 1 amide bonds. The second-order valence-corrected chi connectivity index (χ2v) is 5.58. The topological polar surface area (TPSA) is 81.2 Å². The Hall–Kier alpha value is -1.43. The van der Waals surface area contributed by atoms with Gasteiger partial charge in [-0.15, -0.1) is 0 Å². The molecule has 0 spiro atoms. The summed E-state index contributed by atoms with van der Waals surface area (Å²) in [4.78, 5) is 12.7. The normalized spacial score (nSPS) is 17.4. The number of carbonyl (C=O) groups excluding carboxylic acids is 1. The van der Waals surface area contributed by atoms with Gasteiger partial charge in [0, 0.05) is 12.1 Å². The number of aryl methyl sites for hydroxylation is 2. The molecule has 0 saturated heterocycles. The summed E-state index contributed by atoms with van der Waals surface area (Å²) in [5.41, 5.74) is 6.84. The molecule has 0 radical (unpaired) electrons. The first kappa shape index (κ1) is 14.0. The van der Waals surface area contributed by atoms with E-state index >= 15 is 0 Å². The van der Waals surface area contributed by atoms with Gasteiger partial charge in [0.15, 0.2) is 0 Å². The van der Waals surface area contributed by atoms with Gasteiger partial charge in [0.25, 0.3) is 0 Å². The van der Waals surface area contributed by atoms with Gasteiger partial charge in [0.05, 0.1) is 16.1 Å². The fourth-order valence-corrected chi connectivity index (χ4v) is 2.95. The van der Waals surface area contributed by atoms with E-state index in [1.165, 1.54) is 0 Å². The van der Waals surface area contributed by atoms with Crippen LogP contribution in [0.15, 0.2) is 4.52 Å². The molecule has 1 saturated carbocycles. The highest BCUT2D eigenvalue weighted by molar-refractivity contribution is 7.80. The van der Waals surface area contributed by atoms with Gasteiger partial charge in [0.1, 0.15) is 5.76 Å². The molecule has 1 aliphatic rings. The monoisotopic (exact) mass is 281 g/mol. The Morgan fingerprint density at radius 1 is 1.47 bits per heavy atom. The van der Waals surface area contributed by atoms with Crippen LogP contribution in [0.1, 0.15) is 42.7 Å². The van der Waals surface area contributed by atoms with E-state index in [-0.39, 0.29) is 5.91 Å². The molecule has 19 heavy (non-hydrogen) atoms. The number of nitrogens with zero attached hydrogens (tertiary/aromatic N) is 1. The molecule has 1 aliphatic carbocycles. The third-order valence-corrected chi connectivity index (χ3v) is 4.36. The summed E-state index contributed by atoms with van der Waals surface area (Å²) in [7, 11) is 0. The summed E-state index contributed by atoms with van der Waals surface area (Å²) >= 11 is 5.10. The molecule has 0 bridgehead atoms. The minimum Gasteiger partial charge on any atom is -0.392 e. The summed E-state index contributed by atoms with van der Waals surface area (Å²) in [6.07, 6.45) is 3.48. The number of rotatable bonds is 4. The first-order valence-corrected chi connectivity index (χ1v) is 6.88. The van der Waals surface area contributed by atoms with Crippen LogP contribution in [-0.2, 0) is 11.3 Å². The van der Waals surface area contributed by atoms with Crippen LogP contribution in [0.5, 0.6) is 0 Å². The lowest BCUT2D eigenvalue weighted by molar-refractivity contribution is -0.127. The average Bonchev–Trinajstić information content (AvgIpc) is 2.96. The van der Waals surface area contributed by atoms with Crippen molar-refractivity contribution in [3.63, 3.8) is 0 Å². The van der Waals surface area contributed by atoms with E-state index < -0.39 is 5.41 Å². The van der Waals surface area contributed by atoms with Crippen molar-refractivity contribution in [1.82, 2.24) is 10.5 Å². The molecule has 6 heteroatoms. The number of amides is 1. The number of hydrogen-bond acceptors (Lipinski definition) is 4. The van der Waals surface area contributed by atoms with Gasteiger partial charge in [0.2, 0.25) is 5.91 Å². The summed E-state index contributed by atoms with van der Waals surface area (Å²) in [6.45, 7) is 4.10. The van der Waals surface area contributed by atoms with Gasteiger partial charge in [-0.3, -0.25) is 4.79 Å². The van der Waals surface area contributed by atoms with E-state index in [9.17, 15) is 4.79 Å². The summed E-state index contributed by atoms with van der Waals surface area (Å²) in [6, 6.07) is 0. The predicted octanol–water partition coefficient (Wildman–Crippen LogP) is 1.75. The number of carbonyl (C=O) groups is 1. The van der Waals surface area contributed by atoms with Crippen LogP contribution in [0.4, 0.5) is 0 Å². The van der Waals surface area contributed by atoms with Gasteiger partial charge in [-0.2, -0.15) is 0 Å². The summed E-state index contributed by atoms with van der Waals surface area (Å²) in [5, 5.41) is 6.79. The van der Waals surface area contributed by atoms with Crippen molar-refractivity contribution in [2.75, 3.05) is 0 Å². The van der Waals surface area contributed by atoms with E-state index in [1.807, 2.05) is 13.8 Å². The lowest BCUT2D eigenvalue weighted by Crippen LogP contribution is -2.47. The third kappa shape index (κ3) is 2.49. The first-order valence-electron chi connectivity index (χ1n) is 6.47. The number of hydrogen-bond donors (Lipinski definition) is 2. The van der Waals surface area contributed by atoms with Crippen molar-refractivity contribution >= 4 is 23.1 Å². The molecule has 1 fully saturated rings. The highest BCUT2D eigenvalue weighted by atomic mass is 32.1. The maximum absolute atomic E-state index is 12.4. The molecular weight excluding hydrogens is 262 g/mol. The van der Waals surface area contributed by atoms with E-state index in [2.05, 4.69) is 10.5 Å². The SMILES string of the molecule is Cc1noc(C)c1CNC(=O)C1(C(N)=S)CCCC1. The van der Waals surface area contributed by atoms with E-state index in [0.29, 0.717) is 11.5 Å². The largest absolute Gasteiger partial charge is 0.392 e. The van der Waals surface area contributed by atoms with Gasteiger partial charge < -0.3 is 15.6 Å². The van der Waals surface area contributed by atoms with Crippen molar-refractivity contribution < 1.29 is 9.32 Å². The third-order valence-electron chi connectivity index (χ3n) is 3.97. The molecule has 0 aromatic carbocycles. The molecule has 2 rings (SSSR count). The second-order valence-electron chi connectivity index (χ2n) is 5.14. The van der Waals surface area contributed by atoms with Crippen LogP contribution in [0.25, 0.3) is 0 Å². The molecule has 0 aliphatic heterocycles. The summed E-state index contributed by atoms with van der Waals surface area (Å²) < 4.78 is 5.07. The van der Waals surface area contributed by atoms with Gasteiger partial charge >= 0.3 is 0 Å². The molecule has 0 unspecified atom stereocenters. The van der Waals surface area contributed by atoms with Crippen LogP contribution in [-0.4, -0.2) is 16.1 Å². The quantitative estimate of drug-likeness (QED) is 0.822. The summed E-state index contributed by atoms with van der Waals surface area (Å²) in [5.74, 6) is 0.658. The minimum absolute atomic E-state index is 0.0718. The highest BCUT2D eigenvalue weighted by Crippen LogP contribution is 2.38. The lowest BCUT2D eigenvalue weighted by atomic mass is 9.85. The standard InChI is InChI=1S/C13H19N3O2S/c1-8-10(9(2)18-16-8)7-15-12(17)13(11(14)19)5-3-4-6-13/h3-7H2,1-2H3,(H2,14,19)(H,15,17). The molecule has 3 N–H and O–H groups in total. The van der Waals surface area contributed by atoms with Crippen LogP contribution < -0.4 is 11.1 Å². The lowest BCUT2D eigenvalue weighted by Gasteiger charge is -2.26. The smallest absolute Gasteiger partial charge is 0.233 e. The average molecular weight is 281 g/mol. The maximum Gasteiger partial charge on any atom is 0.233 e. The molecule has 104 valence electrons. The zero-order valence-electron chi connectivity index (χ0n) is 11.3. The van der Waals surface area contributed by atoms with Crippen LogP contribution in [0, 0.1) is 19.3 Å². The van der Waals surface area contributed by atoms with Crippen molar-refractivity contribution in [2.24, 2.45) is 11.1 Å². The minimum atomic E-state index is -0.658. The van der Waals surface area contributed by atoms with Crippen LogP contribution >= 0.6 is 12.2 Å². The van der Waals surface area contributed by atoms with Gasteiger partial charge in [-0.05, 0) is 26.7 Å². The van der Waals surface area contributed by atoms with Crippen molar-refractivity contribution in [1.29, 1.82) is 0 Å². The Kier molecular flexibility index (Phi) is 3.89. The number of aromatic nitrogens is 1. The molecule has 1 heterocycles. The highest BCUT2D eigenvalue weighted by Gasteiger charge is 2.43.